The Morgan fingerprint density at radius 3 is 2.25 bits per heavy atom. The Morgan fingerprint density at radius 1 is 0.900 bits per heavy atom. The van der Waals surface area contributed by atoms with E-state index >= 15 is 0 Å². The number of anilines is 1. The number of thiophene rings is 2. The molecule has 1 atom stereocenters. The van der Waals surface area contributed by atoms with E-state index < -0.39 is 11.5 Å². The smallest absolute Gasteiger partial charge is 0.337 e. The molecule has 0 saturated heterocycles. The zero-order valence-electron chi connectivity index (χ0n) is 21.1. The molecule has 12 heteroatoms. The Labute approximate surface area is 241 Å². The summed E-state index contributed by atoms with van der Waals surface area (Å²) in [6.07, 6.45) is 0. The van der Waals surface area contributed by atoms with E-state index in [1.165, 1.54) is 25.6 Å². The van der Waals surface area contributed by atoms with Crippen molar-refractivity contribution in [3.63, 3.8) is 0 Å². The number of hydrogen-bond donors (Lipinski definition) is 2. The molecule has 0 spiro atoms. The van der Waals surface area contributed by atoms with E-state index in [-0.39, 0.29) is 11.5 Å². The first kappa shape index (κ1) is 27.3. The minimum atomic E-state index is -0.425. The number of nitrogens with zero attached hydrogens (tertiary/aromatic N) is 2. The molecule has 2 aromatic carbocycles. The van der Waals surface area contributed by atoms with Gasteiger partial charge in [0.1, 0.15) is 16.4 Å². The van der Waals surface area contributed by atoms with Crippen LogP contribution < -0.4 is 10.9 Å². The maximum absolute atomic E-state index is 11.9. The second-order valence-corrected chi connectivity index (χ2v) is 10.6. The standard InChI is InChI=1S/C14H11ClN2O2S.C14H10N2O3S/c1-19-14(18)9-4-2-3-8(7-9)13-16-10-5-6-20-11(10)12(15)17-13;1-19-14(18)9-4-2-3-8(7-9)12-15-10-5-6-20-11(10)13(17)16-12/h2-7,12H,1H3,(H,16,17);2-7H,1H3,(H,15,16,17). The number of aromatic amines is 1. The van der Waals surface area contributed by atoms with Crippen LogP contribution in [0.1, 0.15) is 36.7 Å². The number of fused-ring (bicyclic) bond motifs is 2. The zero-order valence-corrected chi connectivity index (χ0v) is 23.5. The molecule has 1 aliphatic rings. The van der Waals surface area contributed by atoms with E-state index in [9.17, 15) is 14.4 Å². The Kier molecular flexibility index (Phi) is 8.06. The number of ether oxygens (including phenoxy) is 2. The third-order valence-corrected chi connectivity index (χ3v) is 8.15. The van der Waals surface area contributed by atoms with Gasteiger partial charge in [-0.25, -0.2) is 19.6 Å². The van der Waals surface area contributed by atoms with Gasteiger partial charge in [0.15, 0.2) is 5.50 Å². The highest BCUT2D eigenvalue weighted by Gasteiger charge is 2.22. The number of rotatable bonds is 4. The molecule has 0 fully saturated rings. The van der Waals surface area contributed by atoms with Crippen molar-refractivity contribution in [3.8, 4) is 11.4 Å². The van der Waals surface area contributed by atoms with Gasteiger partial charge in [0.2, 0.25) is 0 Å². The fraction of sp³-hybridized carbons (Fsp3) is 0.107. The second-order valence-electron chi connectivity index (χ2n) is 8.33. The summed E-state index contributed by atoms with van der Waals surface area (Å²) in [5, 5.41) is 7.02. The summed E-state index contributed by atoms with van der Waals surface area (Å²) in [6, 6.07) is 17.7. The fourth-order valence-electron chi connectivity index (χ4n) is 3.92. The van der Waals surface area contributed by atoms with E-state index in [0.29, 0.717) is 38.6 Å². The highest BCUT2D eigenvalue weighted by molar-refractivity contribution is 7.17. The predicted octanol–water partition coefficient (Wildman–Crippen LogP) is 6.08. The molecule has 40 heavy (non-hydrogen) atoms. The van der Waals surface area contributed by atoms with Gasteiger partial charge in [0, 0.05) is 11.1 Å². The minimum absolute atomic E-state index is 0.177. The lowest BCUT2D eigenvalue weighted by Gasteiger charge is -2.19. The van der Waals surface area contributed by atoms with Crippen LogP contribution in [0.25, 0.3) is 21.6 Å². The molecule has 3 aromatic heterocycles. The molecule has 2 N–H and O–H groups in total. The third-order valence-electron chi connectivity index (χ3n) is 5.84. The number of nitrogens with one attached hydrogen (secondary N) is 2. The molecular weight excluding hydrogens is 572 g/mol. The lowest BCUT2D eigenvalue weighted by Crippen LogP contribution is -2.19. The summed E-state index contributed by atoms with van der Waals surface area (Å²) in [7, 11) is 2.68. The van der Waals surface area contributed by atoms with E-state index in [1.807, 2.05) is 22.9 Å². The van der Waals surface area contributed by atoms with Crippen molar-refractivity contribution >= 4 is 68.0 Å². The van der Waals surface area contributed by atoms with Gasteiger partial charge in [0.25, 0.3) is 5.56 Å². The molecule has 1 unspecified atom stereocenters. The fourth-order valence-corrected chi connectivity index (χ4v) is 5.78. The first-order valence-corrected chi connectivity index (χ1v) is 14.0. The van der Waals surface area contributed by atoms with Crippen LogP contribution in [-0.2, 0) is 9.47 Å². The number of methoxy groups -OCH3 is 2. The van der Waals surface area contributed by atoms with Gasteiger partial charge in [-0.15, -0.1) is 22.7 Å². The van der Waals surface area contributed by atoms with Crippen LogP contribution >= 0.6 is 34.3 Å². The number of carbonyl (C=O) groups is 2. The highest BCUT2D eigenvalue weighted by Crippen LogP contribution is 2.37. The van der Waals surface area contributed by atoms with Crippen molar-refractivity contribution < 1.29 is 19.1 Å². The van der Waals surface area contributed by atoms with Crippen molar-refractivity contribution in [1.29, 1.82) is 0 Å². The van der Waals surface area contributed by atoms with Gasteiger partial charge >= 0.3 is 11.9 Å². The number of halogens is 1. The van der Waals surface area contributed by atoms with Crippen LogP contribution in [-0.4, -0.2) is 42.0 Å². The van der Waals surface area contributed by atoms with Crippen molar-refractivity contribution in [2.24, 2.45) is 4.99 Å². The zero-order chi connectivity index (χ0) is 28.2. The summed E-state index contributed by atoms with van der Waals surface area (Å²) in [5.41, 5.74) is 3.40. The Bertz CT molecular complexity index is 1810. The number of aliphatic imine (C=N–C) groups is 1. The summed E-state index contributed by atoms with van der Waals surface area (Å²) in [6.45, 7) is 0. The monoisotopic (exact) mass is 592 g/mol. The molecule has 0 amide bonds. The molecule has 0 bridgehead atoms. The third kappa shape index (κ3) is 5.67. The maximum atomic E-state index is 11.9. The Morgan fingerprint density at radius 2 is 1.55 bits per heavy atom. The van der Waals surface area contributed by atoms with Gasteiger partial charge in [-0.05, 0) is 47.2 Å². The topological polar surface area (TPSA) is 123 Å². The van der Waals surface area contributed by atoms with Crippen LogP contribution in [0.3, 0.4) is 0 Å². The predicted molar refractivity (Wildman–Crippen MR) is 158 cm³/mol. The molecule has 0 saturated carbocycles. The molecule has 202 valence electrons. The Hall–Kier alpha value is -4.32. The average molecular weight is 593 g/mol. The van der Waals surface area contributed by atoms with Crippen molar-refractivity contribution in [2.45, 2.75) is 5.50 Å². The van der Waals surface area contributed by atoms with Gasteiger partial charge in [-0.3, -0.25) is 4.79 Å². The number of carbonyl (C=O) groups excluding carboxylic acids is 2. The number of H-pyrrole nitrogens is 1. The van der Waals surface area contributed by atoms with Gasteiger partial charge in [0.05, 0.1) is 41.4 Å². The number of benzene rings is 2. The summed E-state index contributed by atoms with van der Waals surface area (Å²) in [5.74, 6) is 0.293. The normalized spacial score (nSPS) is 13.8. The second kappa shape index (κ2) is 11.8. The lowest BCUT2D eigenvalue weighted by atomic mass is 10.1. The number of aromatic nitrogens is 2. The lowest BCUT2D eigenvalue weighted by molar-refractivity contribution is 0.0592. The van der Waals surface area contributed by atoms with Gasteiger partial charge in [-0.1, -0.05) is 35.9 Å². The van der Waals surface area contributed by atoms with Gasteiger partial charge in [-0.2, -0.15) is 0 Å². The molecule has 9 nitrogen and oxygen atoms in total. The van der Waals surface area contributed by atoms with E-state index in [2.05, 4.69) is 25.0 Å². The number of hydrogen-bond acceptors (Lipinski definition) is 10. The first-order chi connectivity index (χ1) is 19.4. The SMILES string of the molecule is COC(=O)c1cccc(-c2nc3ccsc3c(=O)[nH]2)c1.COC(=O)c1cccc(C2=NC(Cl)c3sccc3N2)c1. The summed E-state index contributed by atoms with van der Waals surface area (Å²) >= 11 is 9.17. The molecule has 4 heterocycles. The molecule has 6 rings (SSSR count). The van der Waals surface area contributed by atoms with Crippen LogP contribution in [0.4, 0.5) is 5.69 Å². The quantitative estimate of drug-likeness (QED) is 0.147. The van der Waals surface area contributed by atoms with E-state index in [4.69, 9.17) is 16.3 Å². The van der Waals surface area contributed by atoms with Gasteiger partial charge < -0.3 is 19.8 Å². The van der Waals surface area contributed by atoms with Crippen molar-refractivity contribution in [2.75, 3.05) is 19.5 Å². The molecule has 5 aromatic rings. The summed E-state index contributed by atoms with van der Waals surface area (Å²) < 4.78 is 9.99. The molecule has 0 radical (unpaired) electrons. The summed E-state index contributed by atoms with van der Waals surface area (Å²) in [4.78, 5) is 47.6. The van der Waals surface area contributed by atoms with Crippen molar-refractivity contribution in [3.05, 3.63) is 103 Å². The number of alkyl halides is 1. The molecule has 0 aliphatic carbocycles. The average Bonchev–Trinajstić information content (AvgIpc) is 3.67. The Balaban J connectivity index is 0.000000161. The van der Waals surface area contributed by atoms with Crippen LogP contribution in [0, 0.1) is 0 Å². The van der Waals surface area contributed by atoms with Crippen LogP contribution in [0.2, 0.25) is 0 Å². The minimum Gasteiger partial charge on any atom is -0.465 e. The van der Waals surface area contributed by atoms with Crippen LogP contribution in [0.5, 0.6) is 0 Å². The first-order valence-electron chi connectivity index (χ1n) is 11.8. The maximum Gasteiger partial charge on any atom is 0.337 e. The largest absolute Gasteiger partial charge is 0.465 e. The number of esters is 2. The molecule has 1 aliphatic heterocycles. The van der Waals surface area contributed by atoms with Crippen LogP contribution in [0.15, 0.2) is 81.2 Å². The number of amidine groups is 1. The van der Waals surface area contributed by atoms with E-state index in [1.54, 1.807) is 59.9 Å². The molecular formula is C28H21ClN4O5S2. The van der Waals surface area contributed by atoms with Crippen molar-refractivity contribution in [1.82, 2.24) is 9.97 Å². The highest BCUT2D eigenvalue weighted by atomic mass is 35.5. The van der Waals surface area contributed by atoms with E-state index in [0.717, 1.165) is 16.1 Å².